The number of aromatic nitrogens is 2. The topological polar surface area (TPSA) is 57.8 Å². The van der Waals surface area contributed by atoms with E-state index in [1.54, 1.807) is 6.20 Å². The Hall–Kier alpha value is -1.58. The molecule has 1 aromatic heterocycles. The number of H-pyrrole nitrogens is 1. The van der Waals surface area contributed by atoms with Gasteiger partial charge in [-0.05, 0) is 13.0 Å². The van der Waals surface area contributed by atoms with E-state index < -0.39 is 0 Å². The van der Waals surface area contributed by atoms with Crippen molar-refractivity contribution in [2.75, 3.05) is 5.32 Å². The van der Waals surface area contributed by atoms with E-state index >= 15 is 0 Å². The number of rotatable bonds is 2. The van der Waals surface area contributed by atoms with Gasteiger partial charge in [0.1, 0.15) is 5.82 Å². The Bertz CT molecular complexity index is 277. The van der Waals surface area contributed by atoms with Crippen molar-refractivity contribution in [3.8, 4) is 0 Å². The number of hydrogen-bond acceptors (Lipinski definition) is 2. The van der Waals surface area contributed by atoms with Gasteiger partial charge in [-0.25, -0.2) is 0 Å². The van der Waals surface area contributed by atoms with E-state index in [0.29, 0.717) is 5.82 Å². The van der Waals surface area contributed by atoms with Crippen molar-refractivity contribution >= 4 is 11.7 Å². The second-order valence-electron chi connectivity index (χ2n) is 2.12. The first-order chi connectivity index (χ1) is 5.24. The summed E-state index contributed by atoms with van der Waals surface area (Å²) in [4.78, 5) is 10.8. The minimum atomic E-state index is -0.239. The van der Waals surface area contributed by atoms with Crippen LogP contribution in [0.5, 0.6) is 0 Å². The van der Waals surface area contributed by atoms with Crippen LogP contribution in [0.25, 0.3) is 0 Å². The molecule has 0 saturated heterocycles. The number of nitrogens with zero attached hydrogens (tertiary/aromatic N) is 1. The summed E-state index contributed by atoms with van der Waals surface area (Å²) in [6, 6.07) is 0. The zero-order valence-electron chi connectivity index (χ0n) is 6.22. The molecule has 1 aromatic rings. The molecule has 4 heteroatoms. The highest BCUT2D eigenvalue weighted by atomic mass is 16.1. The van der Waals surface area contributed by atoms with E-state index in [1.165, 1.54) is 6.08 Å². The fourth-order valence-corrected chi connectivity index (χ4v) is 0.647. The van der Waals surface area contributed by atoms with Gasteiger partial charge in [0, 0.05) is 5.56 Å². The van der Waals surface area contributed by atoms with E-state index in [1.807, 2.05) is 6.92 Å². The maximum absolute atomic E-state index is 10.8. The summed E-state index contributed by atoms with van der Waals surface area (Å²) < 4.78 is 0. The van der Waals surface area contributed by atoms with Crippen molar-refractivity contribution in [3.63, 3.8) is 0 Å². The van der Waals surface area contributed by atoms with Gasteiger partial charge in [-0.3, -0.25) is 9.89 Å². The number of anilines is 1. The zero-order valence-corrected chi connectivity index (χ0v) is 6.22. The third-order valence-corrected chi connectivity index (χ3v) is 1.26. The molecule has 4 nitrogen and oxygen atoms in total. The molecule has 1 amide bonds. The van der Waals surface area contributed by atoms with Crippen molar-refractivity contribution in [1.82, 2.24) is 10.2 Å². The lowest BCUT2D eigenvalue weighted by Crippen LogP contribution is -2.08. The van der Waals surface area contributed by atoms with Crippen LogP contribution < -0.4 is 5.32 Å². The van der Waals surface area contributed by atoms with E-state index in [9.17, 15) is 4.79 Å². The van der Waals surface area contributed by atoms with E-state index in [4.69, 9.17) is 0 Å². The predicted octanol–water partition coefficient (Wildman–Crippen LogP) is 0.843. The minimum absolute atomic E-state index is 0.239. The molecule has 0 aliphatic rings. The number of amides is 1. The number of nitrogens with one attached hydrogen (secondary N) is 2. The van der Waals surface area contributed by atoms with E-state index in [-0.39, 0.29) is 5.91 Å². The zero-order chi connectivity index (χ0) is 8.27. The quantitative estimate of drug-likeness (QED) is 0.615. The molecule has 0 saturated carbocycles. The third-order valence-electron chi connectivity index (χ3n) is 1.26. The molecule has 0 fully saturated rings. The van der Waals surface area contributed by atoms with Crippen LogP contribution in [0.2, 0.25) is 0 Å². The molecule has 58 valence electrons. The smallest absolute Gasteiger partial charge is 0.248 e. The molecule has 0 aliphatic carbocycles. The Kier molecular flexibility index (Phi) is 2.06. The second kappa shape index (κ2) is 3.01. The SMILES string of the molecule is C=CC(=O)Nc1[nH]ncc1C. The van der Waals surface area contributed by atoms with Gasteiger partial charge in [0.05, 0.1) is 6.20 Å². The molecule has 11 heavy (non-hydrogen) atoms. The average molecular weight is 151 g/mol. The van der Waals surface area contributed by atoms with Gasteiger partial charge in [0.15, 0.2) is 0 Å². The van der Waals surface area contributed by atoms with Crippen LogP contribution in [0.3, 0.4) is 0 Å². The van der Waals surface area contributed by atoms with Gasteiger partial charge in [-0.15, -0.1) is 0 Å². The van der Waals surface area contributed by atoms with E-state index in [2.05, 4.69) is 22.1 Å². The van der Waals surface area contributed by atoms with Gasteiger partial charge < -0.3 is 5.32 Å². The summed E-state index contributed by atoms with van der Waals surface area (Å²) in [7, 11) is 0. The standard InChI is InChI=1S/C7H9N3O/c1-3-6(11)9-7-5(2)4-8-10-7/h3-4H,1H2,2H3,(H2,8,9,10,11). The van der Waals surface area contributed by atoms with Crippen LogP contribution in [-0.4, -0.2) is 16.1 Å². The van der Waals surface area contributed by atoms with Gasteiger partial charge >= 0.3 is 0 Å². The maximum atomic E-state index is 10.8. The van der Waals surface area contributed by atoms with E-state index in [0.717, 1.165) is 5.56 Å². The molecule has 1 heterocycles. The Morgan fingerprint density at radius 2 is 2.64 bits per heavy atom. The molecule has 1 rings (SSSR count). The van der Waals surface area contributed by atoms with Crippen LogP contribution in [0.1, 0.15) is 5.56 Å². The molecule has 0 radical (unpaired) electrons. The molecule has 0 spiro atoms. The van der Waals surface area contributed by atoms with Gasteiger partial charge in [-0.2, -0.15) is 5.10 Å². The van der Waals surface area contributed by atoms with Crippen molar-refractivity contribution < 1.29 is 4.79 Å². The maximum Gasteiger partial charge on any atom is 0.248 e. The van der Waals surface area contributed by atoms with Crippen LogP contribution in [0.15, 0.2) is 18.9 Å². The number of aromatic amines is 1. The molecule has 0 atom stereocenters. The summed E-state index contributed by atoms with van der Waals surface area (Å²) >= 11 is 0. The highest BCUT2D eigenvalue weighted by molar-refractivity contribution is 5.98. The fraction of sp³-hybridized carbons (Fsp3) is 0.143. The number of hydrogen-bond donors (Lipinski definition) is 2. The first-order valence-corrected chi connectivity index (χ1v) is 3.17. The first kappa shape index (κ1) is 7.53. The number of aryl methyl sites for hydroxylation is 1. The monoisotopic (exact) mass is 151 g/mol. The fourth-order valence-electron chi connectivity index (χ4n) is 0.647. The first-order valence-electron chi connectivity index (χ1n) is 3.17. The summed E-state index contributed by atoms with van der Waals surface area (Å²) in [6.45, 7) is 5.17. The Balaban J connectivity index is 2.71. The predicted molar refractivity (Wildman–Crippen MR) is 42.2 cm³/mol. The lowest BCUT2D eigenvalue weighted by Gasteiger charge is -1.97. The number of carbonyl (C=O) groups excluding carboxylic acids is 1. The van der Waals surface area contributed by atoms with Crippen LogP contribution in [0.4, 0.5) is 5.82 Å². The Morgan fingerprint density at radius 1 is 1.91 bits per heavy atom. The van der Waals surface area contributed by atoms with Crippen molar-refractivity contribution in [1.29, 1.82) is 0 Å². The summed E-state index contributed by atoms with van der Waals surface area (Å²) in [6.07, 6.45) is 2.85. The number of carbonyl (C=O) groups is 1. The lowest BCUT2D eigenvalue weighted by molar-refractivity contribution is -0.111. The molecule has 0 aromatic carbocycles. The molecule has 0 unspecified atom stereocenters. The van der Waals surface area contributed by atoms with Crippen LogP contribution >= 0.6 is 0 Å². The highest BCUT2D eigenvalue weighted by Crippen LogP contribution is 2.07. The van der Waals surface area contributed by atoms with Gasteiger partial charge in [-0.1, -0.05) is 6.58 Å². The van der Waals surface area contributed by atoms with Crippen molar-refractivity contribution in [3.05, 3.63) is 24.4 Å². The van der Waals surface area contributed by atoms with Gasteiger partial charge in [0.25, 0.3) is 0 Å². The van der Waals surface area contributed by atoms with Crippen LogP contribution in [-0.2, 0) is 4.79 Å². The summed E-state index contributed by atoms with van der Waals surface area (Å²) in [5.74, 6) is 0.382. The summed E-state index contributed by atoms with van der Waals surface area (Å²) in [5.41, 5.74) is 0.903. The lowest BCUT2D eigenvalue weighted by atomic mass is 10.4. The van der Waals surface area contributed by atoms with Crippen molar-refractivity contribution in [2.45, 2.75) is 6.92 Å². The van der Waals surface area contributed by atoms with Crippen LogP contribution in [0, 0.1) is 6.92 Å². The molecule has 0 aliphatic heterocycles. The Morgan fingerprint density at radius 3 is 3.09 bits per heavy atom. The van der Waals surface area contributed by atoms with Gasteiger partial charge in [0.2, 0.25) is 5.91 Å². The van der Waals surface area contributed by atoms with Crippen molar-refractivity contribution in [2.24, 2.45) is 0 Å². The summed E-state index contributed by atoms with van der Waals surface area (Å²) in [5, 5.41) is 8.94. The minimum Gasteiger partial charge on any atom is -0.307 e. The Labute approximate surface area is 64.3 Å². The third kappa shape index (κ3) is 1.67. The normalized spacial score (nSPS) is 9.18. The highest BCUT2D eigenvalue weighted by Gasteiger charge is 2.00. The largest absolute Gasteiger partial charge is 0.307 e. The molecular weight excluding hydrogens is 142 g/mol. The second-order valence-corrected chi connectivity index (χ2v) is 2.12. The molecule has 0 bridgehead atoms. The molecular formula is C7H9N3O. The molecule has 2 N–H and O–H groups in total. The average Bonchev–Trinajstić information content (AvgIpc) is 2.37.